The molecule has 1 unspecified atom stereocenters. The molecule has 1 saturated heterocycles. The summed E-state index contributed by atoms with van der Waals surface area (Å²) < 4.78 is 52.1. The molecule has 2 heterocycles. The number of alkyl carbamates (subject to hydrolysis) is 4. The van der Waals surface area contributed by atoms with E-state index in [1.165, 1.54) is 51.2 Å². The fourth-order valence-corrected chi connectivity index (χ4v) is 8.75. The number of carbonyl (C=O) groups excluding carboxylic acids is 7. The van der Waals surface area contributed by atoms with Gasteiger partial charge in [-0.05, 0) is 140 Å². The van der Waals surface area contributed by atoms with Crippen LogP contribution < -0.4 is 31.9 Å². The van der Waals surface area contributed by atoms with Crippen molar-refractivity contribution in [2.24, 2.45) is 0 Å². The van der Waals surface area contributed by atoms with Crippen LogP contribution in [-0.4, -0.2) is 201 Å². The molecule has 84 heavy (non-hydrogen) atoms. The molecule has 3 aliphatic rings. The van der Waals surface area contributed by atoms with Gasteiger partial charge in [0, 0.05) is 25.7 Å². The minimum Gasteiger partial charge on any atom is -0.465 e. The number of carbonyl (C=O) groups is 7. The van der Waals surface area contributed by atoms with Gasteiger partial charge in [0.1, 0.15) is 76.9 Å². The molecule has 7 amide bonds. The summed E-state index contributed by atoms with van der Waals surface area (Å²) in [5.74, 6) is -1.80. The second kappa shape index (κ2) is 28.8. The number of aliphatic hydroxyl groups excluding tert-OH is 3. The fourth-order valence-electron chi connectivity index (χ4n) is 8.75. The number of benzene rings is 1. The van der Waals surface area contributed by atoms with Crippen LogP contribution in [0.4, 0.5) is 29.7 Å². The maximum absolute atomic E-state index is 14.0. The molecule has 30 heteroatoms. The van der Waals surface area contributed by atoms with Gasteiger partial charge in [0.25, 0.3) is 5.69 Å². The van der Waals surface area contributed by atoms with Gasteiger partial charge in [-0.3, -0.25) is 19.7 Å². The van der Waals surface area contributed by atoms with Crippen LogP contribution in [0.15, 0.2) is 36.1 Å². The molecule has 13 atom stereocenters. The van der Waals surface area contributed by atoms with Crippen LogP contribution in [0.1, 0.15) is 122 Å². The van der Waals surface area contributed by atoms with E-state index in [1.807, 2.05) is 0 Å². The Morgan fingerprint density at radius 1 is 0.738 bits per heavy atom. The van der Waals surface area contributed by atoms with Crippen molar-refractivity contribution in [3.05, 3.63) is 51.8 Å². The zero-order chi connectivity index (χ0) is 63.4. The number of likely N-dealkylation sites (N-methyl/N-ethyl adjacent to an activating group) is 1. The Morgan fingerprint density at radius 3 is 1.85 bits per heavy atom. The van der Waals surface area contributed by atoms with E-state index < -0.39 is 162 Å². The number of ether oxygens (including phenoxy) is 9. The molecule has 4 rings (SSSR count). The molecule has 30 nitrogen and oxygen atoms in total. The minimum atomic E-state index is -2.05. The molecular formula is C54H86N8O22. The summed E-state index contributed by atoms with van der Waals surface area (Å²) in [4.78, 5) is 105. The number of rotatable bonds is 19. The monoisotopic (exact) mass is 1200 g/mol. The lowest BCUT2D eigenvalue weighted by Gasteiger charge is -2.50. The highest BCUT2D eigenvalue weighted by molar-refractivity contribution is 5.85. The molecule has 0 radical (unpaired) electrons. The Morgan fingerprint density at radius 2 is 1.27 bits per heavy atom. The standard InChI is InChI=1S/C54H86N8O22/c1-28(57-47(70)82-51(5,6)7)41(66)58-32-21-20-31(25-56-45(68)76-26-29-16-18-30(19-17-29)62(74)75)78-43(32)79-39-34(60-48(71)83-52(8,9)10)24-33(59-42(67)35(63)22-23-55-46(69)81-50(2,3)4)38(36(39)64)80-44-37(65)40(54(14,73)27-77-44)61(15)49(72)84-53(11,12)13/h16-20,28,32-40,43-44,63-65,73H,21-27H2,1-15H3,(H,55,69)(H,56,68)(H,57,70)(H,58,66)(H,59,67)(H,60,71)/t28?,32-,33-,34+,35+,36-,37-,38+,39-,40-,43-,44-,54+/m1/s1. The number of hydrogen-bond donors (Lipinski definition) is 10. The smallest absolute Gasteiger partial charge is 0.410 e. The second-order valence-corrected chi connectivity index (χ2v) is 24.8. The Labute approximate surface area is 487 Å². The number of amides is 7. The van der Waals surface area contributed by atoms with Crippen molar-refractivity contribution in [3.63, 3.8) is 0 Å². The van der Waals surface area contributed by atoms with Crippen LogP contribution in [0.25, 0.3) is 0 Å². The normalized spacial score (nSPS) is 26.2. The number of nitrogens with one attached hydrogen (secondary N) is 6. The first-order valence-electron chi connectivity index (χ1n) is 27.3. The highest BCUT2D eigenvalue weighted by Gasteiger charge is 2.55. The molecule has 0 aromatic heterocycles. The Balaban J connectivity index is 1.76. The summed E-state index contributed by atoms with van der Waals surface area (Å²) in [6.45, 7) is 20.6. The van der Waals surface area contributed by atoms with Gasteiger partial charge < -0.3 is 99.9 Å². The Hall–Kier alpha value is -6.83. The first-order valence-corrected chi connectivity index (χ1v) is 27.3. The third-order valence-electron chi connectivity index (χ3n) is 12.4. The SMILES string of the molecule is CC(NC(=O)OC(C)(C)C)C(=O)N[C@@H]1CC=C(CNC(=O)OCc2ccc([N+](=O)[O-])cc2)O[C@@H]1O[C@H]1[C@H](O)[C@@H](O[C@H]2OC[C@](C)(O)[C@H](N(C)C(=O)OC(C)(C)C)[C@H]2O)[C@H](NC(=O)[C@@H](O)CCNC(=O)OC(C)(C)C)C[C@@H]1NC(=O)OC(C)(C)C. The van der Waals surface area contributed by atoms with Crippen LogP contribution in [-0.2, 0) is 58.8 Å². The van der Waals surface area contributed by atoms with Crippen LogP contribution in [0.5, 0.6) is 0 Å². The average molecular weight is 1200 g/mol. The average Bonchev–Trinajstić information content (AvgIpc) is 1.11. The van der Waals surface area contributed by atoms with Gasteiger partial charge in [0.2, 0.25) is 18.1 Å². The van der Waals surface area contributed by atoms with Crippen molar-refractivity contribution in [1.82, 2.24) is 36.8 Å². The van der Waals surface area contributed by atoms with E-state index in [4.69, 9.17) is 42.6 Å². The quantitative estimate of drug-likeness (QED) is 0.0541. The van der Waals surface area contributed by atoms with E-state index in [9.17, 15) is 64.1 Å². The molecule has 1 aromatic rings. The summed E-state index contributed by atoms with van der Waals surface area (Å²) in [6.07, 6.45) is -16.8. The first kappa shape index (κ1) is 69.7. The van der Waals surface area contributed by atoms with E-state index in [-0.39, 0.29) is 44.0 Å². The maximum atomic E-state index is 14.0. The van der Waals surface area contributed by atoms with E-state index in [1.54, 1.807) is 83.1 Å². The van der Waals surface area contributed by atoms with Crippen molar-refractivity contribution in [1.29, 1.82) is 0 Å². The predicted octanol–water partition coefficient (Wildman–Crippen LogP) is 2.74. The summed E-state index contributed by atoms with van der Waals surface area (Å²) in [5, 5.41) is 74.1. The van der Waals surface area contributed by atoms with Crippen LogP contribution in [0.3, 0.4) is 0 Å². The summed E-state index contributed by atoms with van der Waals surface area (Å²) in [6, 6.07) is -1.50. The lowest BCUT2D eigenvalue weighted by Crippen LogP contribution is -2.71. The highest BCUT2D eigenvalue weighted by Crippen LogP contribution is 2.35. The summed E-state index contributed by atoms with van der Waals surface area (Å²) >= 11 is 0. The molecular weight excluding hydrogens is 1110 g/mol. The topological polar surface area (TPSA) is 402 Å². The fraction of sp³-hybridized carbons (Fsp3) is 0.722. The zero-order valence-corrected chi connectivity index (χ0v) is 50.3. The minimum absolute atomic E-state index is 0.0266. The van der Waals surface area contributed by atoms with Crippen LogP contribution in [0, 0.1) is 10.1 Å². The van der Waals surface area contributed by atoms with E-state index in [2.05, 4.69) is 31.9 Å². The maximum Gasteiger partial charge on any atom is 0.410 e. The number of non-ortho nitro benzene ring substituents is 1. The third kappa shape index (κ3) is 22.3. The number of nitro benzene ring substituents is 1. The number of hydrogen-bond acceptors (Lipinski definition) is 22. The van der Waals surface area contributed by atoms with E-state index in [0.717, 1.165) is 4.90 Å². The van der Waals surface area contributed by atoms with Gasteiger partial charge in [-0.25, -0.2) is 24.0 Å². The van der Waals surface area contributed by atoms with Crippen LogP contribution in [0.2, 0.25) is 0 Å². The second-order valence-electron chi connectivity index (χ2n) is 24.8. The summed E-state index contributed by atoms with van der Waals surface area (Å²) in [5.41, 5.74) is -5.56. The molecule has 474 valence electrons. The van der Waals surface area contributed by atoms with Gasteiger partial charge in [-0.2, -0.15) is 0 Å². The summed E-state index contributed by atoms with van der Waals surface area (Å²) in [7, 11) is 1.27. The van der Waals surface area contributed by atoms with Gasteiger partial charge >= 0.3 is 30.5 Å². The highest BCUT2D eigenvalue weighted by atomic mass is 16.7. The number of nitro groups is 1. The van der Waals surface area contributed by atoms with Gasteiger partial charge in [-0.1, -0.05) is 0 Å². The van der Waals surface area contributed by atoms with E-state index in [0.29, 0.717) is 5.56 Å². The predicted molar refractivity (Wildman–Crippen MR) is 294 cm³/mol. The van der Waals surface area contributed by atoms with Gasteiger partial charge in [-0.15, -0.1) is 0 Å². The molecule has 0 spiro atoms. The largest absolute Gasteiger partial charge is 0.465 e. The molecule has 1 saturated carbocycles. The Kier molecular flexibility index (Phi) is 23.9. The van der Waals surface area contributed by atoms with E-state index >= 15 is 0 Å². The third-order valence-corrected chi connectivity index (χ3v) is 12.4. The van der Waals surface area contributed by atoms with Crippen molar-refractivity contribution in [2.75, 3.05) is 26.7 Å². The molecule has 0 bridgehead atoms. The van der Waals surface area contributed by atoms with Crippen molar-refractivity contribution in [3.8, 4) is 0 Å². The van der Waals surface area contributed by atoms with Gasteiger partial charge in [0.05, 0.1) is 42.2 Å². The van der Waals surface area contributed by atoms with Crippen LogP contribution >= 0.6 is 0 Å². The van der Waals surface area contributed by atoms with Crippen molar-refractivity contribution < 1.29 is 102 Å². The lowest BCUT2D eigenvalue weighted by atomic mass is 9.82. The molecule has 1 aliphatic carbocycles. The first-order chi connectivity index (χ1) is 38.6. The molecule has 2 fully saturated rings. The number of nitrogens with zero attached hydrogens (tertiary/aromatic N) is 2. The number of aliphatic hydroxyl groups is 4. The Bertz CT molecular complexity index is 2490. The molecule has 10 N–H and O–H groups in total. The van der Waals surface area contributed by atoms with Crippen molar-refractivity contribution >= 4 is 48.0 Å². The zero-order valence-electron chi connectivity index (χ0n) is 50.3. The molecule has 1 aromatic carbocycles. The lowest BCUT2D eigenvalue weighted by molar-refractivity contribution is -0.384. The molecule has 2 aliphatic heterocycles. The van der Waals surface area contributed by atoms with Crippen molar-refractivity contribution in [2.45, 2.75) is 224 Å². The van der Waals surface area contributed by atoms with Gasteiger partial charge in [0.15, 0.2) is 6.29 Å².